The maximum absolute atomic E-state index is 12.5. The number of hydrogen-bond acceptors (Lipinski definition) is 8. The molecule has 0 fully saturated rings. The fourth-order valence-electron chi connectivity index (χ4n) is 3.02. The van der Waals surface area contributed by atoms with E-state index in [4.69, 9.17) is 18.8 Å². The third-order valence-electron chi connectivity index (χ3n) is 4.36. The third kappa shape index (κ3) is 6.09. The number of aromatic hydroxyl groups is 2. The second-order valence-corrected chi connectivity index (χ2v) is 8.04. The zero-order valence-corrected chi connectivity index (χ0v) is 16.3. The van der Waals surface area contributed by atoms with Gasteiger partial charge in [0.05, 0.1) is 25.9 Å². The standard InChI is InChI=1S/C19H20O9S.K.H/c1-26-16-4-3-11(7-13(16)20)17-10-15(22)19-14(21)8-12(9-18(19)28-17)27-5-2-6-29(23,24)25;;/h3-4,7-9,17,20-21H,2,5-6,10H2,1H3,(H,23,24,25);;. The number of ether oxygens (including phenoxy) is 3. The fraction of sp³-hybridized carbons (Fsp3) is 0.316. The molecule has 30 heavy (non-hydrogen) atoms. The summed E-state index contributed by atoms with van der Waals surface area (Å²) >= 11 is 0. The fourth-order valence-corrected chi connectivity index (χ4v) is 3.51. The molecule has 1 atom stereocenters. The van der Waals surface area contributed by atoms with Crippen LogP contribution >= 0.6 is 0 Å². The Bertz CT molecular complexity index is 1040. The summed E-state index contributed by atoms with van der Waals surface area (Å²) in [5.74, 6) is -0.605. The van der Waals surface area contributed by atoms with E-state index >= 15 is 0 Å². The van der Waals surface area contributed by atoms with Crippen LogP contribution in [0.4, 0.5) is 0 Å². The van der Waals surface area contributed by atoms with Crippen LogP contribution in [0.1, 0.15) is 34.9 Å². The summed E-state index contributed by atoms with van der Waals surface area (Å²) in [7, 11) is -2.66. The molecule has 0 spiro atoms. The molecule has 2 aromatic rings. The van der Waals surface area contributed by atoms with Crippen molar-refractivity contribution in [2.75, 3.05) is 19.5 Å². The number of Topliss-reactive ketones (excluding diaryl/α,β-unsaturated/α-hetero) is 1. The minimum atomic E-state index is -4.08. The third-order valence-corrected chi connectivity index (χ3v) is 5.17. The Morgan fingerprint density at radius 3 is 2.53 bits per heavy atom. The minimum absolute atomic E-state index is 0. The van der Waals surface area contributed by atoms with E-state index in [2.05, 4.69) is 0 Å². The van der Waals surface area contributed by atoms with Gasteiger partial charge in [0.15, 0.2) is 17.3 Å². The van der Waals surface area contributed by atoms with Crippen molar-refractivity contribution in [3.63, 3.8) is 0 Å². The number of benzene rings is 2. The molecule has 0 aliphatic carbocycles. The van der Waals surface area contributed by atoms with Crippen molar-refractivity contribution in [2.45, 2.75) is 18.9 Å². The second kappa shape index (κ2) is 10.3. The second-order valence-electron chi connectivity index (χ2n) is 6.47. The molecule has 9 nitrogen and oxygen atoms in total. The number of carbonyl (C=O) groups excluding carboxylic acids is 1. The molecule has 1 aliphatic rings. The summed E-state index contributed by atoms with van der Waals surface area (Å²) in [5.41, 5.74) is 0.588. The number of ketones is 1. The van der Waals surface area contributed by atoms with Crippen LogP contribution in [-0.4, -0.2) is 99.8 Å². The van der Waals surface area contributed by atoms with Crippen LogP contribution < -0.4 is 14.2 Å². The number of fused-ring (bicyclic) bond motifs is 1. The molecule has 0 saturated heterocycles. The van der Waals surface area contributed by atoms with Crippen LogP contribution in [0.2, 0.25) is 0 Å². The molecular weight excluding hydrogens is 443 g/mol. The molecule has 0 radical (unpaired) electrons. The summed E-state index contributed by atoms with van der Waals surface area (Å²) in [6.45, 7) is -0.0260. The number of phenolic OH excluding ortho intramolecular Hbond substituents is 2. The van der Waals surface area contributed by atoms with E-state index < -0.39 is 22.0 Å². The summed E-state index contributed by atoms with van der Waals surface area (Å²) < 4.78 is 46.4. The van der Waals surface area contributed by atoms with Gasteiger partial charge in [0.25, 0.3) is 10.1 Å². The van der Waals surface area contributed by atoms with Crippen molar-refractivity contribution < 1.29 is 42.2 Å². The van der Waals surface area contributed by atoms with Crippen LogP contribution in [-0.2, 0) is 10.1 Å². The van der Waals surface area contributed by atoms with Crippen molar-refractivity contribution in [3.05, 3.63) is 41.5 Å². The monoisotopic (exact) mass is 464 g/mol. The summed E-state index contributed by atoms with van der Waals surface area (Å²) in [5, 5.41) is 20.2. The molecular formula is C19H21KO9S. The van der Waals surface area contributed by atoms with Gasteiger partial charge in [-0.15, -0.1) is 0 Å². The Labute approximate surface area is 216 Å². The van der Waals surface area contributed by atoms with Gasteiger partial charge in [0.1, 0.15) is 28.9 Å². The zero-order chi connectivity index (χ0) is 21.2. The molecule has 0 amide bonds. The van der Waals surface area contributed by atoms with Gasteiger partial charge in [0, 0.05) is 12.1 Å². The molecule has 158 valence electrons. The number of carbonyl (C=O) groups is 1. The van der Waals surface area contributed by atoms with Crippen LogP contribution in [0, 0.1) is 0 Å². The van der Waals surface area contributed by atoms with E-state index in [1.54, 1.807) is 12.1 Å². The average Bonchev–Trinajstić information content (AvgIpc) is 2.63. The molecule has 1 heterocycles. The molecule has 1 unspecified atom stereocenters. The van der Waals surface area contributed by atoms with Gasteiger partial charge in [-0.3, -0.25) is 9.35 Å². The first-order chi connectivity index (χ1) is 13.7. The van der Waals surface area contributed by atoms with Gasteiger partial charge in [0.2, 0.25) is 0 Å². The predicted octanol–water partition coefficient (Wildman–Crippen LogP) is 1.82. The first-order valence-electron chi connectivity index (χ1n) is 8.69. The Morgan fingerprint density at radius 1 is 1.17 bits per heavy atom. The van der Waals surface area contributed by atoms with Crippen molar-refractivity contribution in [3.8, 4) is 28.7 Å². The Hall–Kier alpha value is -1.34. The van der Waals surface area contributed by atoms with Gasteiger partial charge in [-0.25, -0.2) is 0 Å². The molecule has 0 aromatic heterocycles. The van der Waals surface area contributed by atoms with Crippen LogP contribution in [0.25, 0.3) is 0 Å². The van der Waals surface area contributed by atoms with Crippen LogP contribution in [0.5, 0.6) is 28.7 Å². The molecule has 3 N–H and O–H groups in total. The summed E-state index contributed by atoms with van der Waals surface area (Å²) in [4.78, 5) is 12.5. The van der Waals surface area contributed by atoms with Crippen LogP contribution in [0.3, 0.4) is 0 Å². The number of rotatable bonds is 7. The Morgan fingerprint density at radius 2 is 1.90 bits per heavy atom. The molecule has 3 rings (SSSR count). The quantitative estimate of drug-likeness (QED) is 0.318. The van der Waals surface area contributed by atoms with Crippen molar-refractivity contribution in [1.82, 2.24) is 0 Å². The summed E-state index contributed by atoms with van der Waals surface area (Å²) in [6.07, 6.45) is -0.661. The van der Waals surface area contributed by atoms with Crippen molar-refractivity contribution in [1.29, 1.82) is 0 Å². The van der Waals surface area contributed by atoms with Crippen LogP contribution in [0.15, 0.2) is 30.3 Å². The average molecular weight is 465 g/mol. The first kappa shape index (κ1) is 24.9. The molecule has 2 aromatic carbocycles. The first-order valence-corrected chi connectivity index (χ1v) is 10.3. The van der Waals surface area contributed by atoms with Gasteiger partial charge in [-0.2, -0.15) is 8.42 Å². The number of methoxy groups -OCH3 is 1. The molecule has 0 bridgehead atoms. The topological polar surface area (TPSA) is 140 Å². The maximum atomic E-state index is 12.5. The normalized spacial score (nSPS) is 15.5. The van der Waals surface area contributed by atoms with E-state index in [1.807, 2.05) is 0 Å². The zero-order valence-electron chi connectivity index (χ0n) is 15.5. The number of phenols is 2. The molecule has 11 heteroatoms. The molecule has 0 saturated carbocycles. The van der Waals surface area contributed by atoms with Crippen molar-refractivity contribution in [2.24, 2.45) is 0 Å². The van der Waals surface area contributed by atoms with Gasteiger partial charge in [-0.05, 0) is 24.1 Å². The van der Waals surface area contributed by atoms with E-state index in [0.717, 1.165) is 0 Å². The van der Waals surface area contributed by atoms with Gasteiger partial charge in [-0.1, -0.05) is 6.07 Å². The number of hydrogen-bond donors (Lipinski definition) is 3. The summed E-state index contributed by atoms with van der Waals surface area (Å²) in [6, 6.07) is 7.33. The van der Waals surface area contributed by atoms with E-state index in [0.29, 0.717) is 5.56 Å². The predicted molar refractivity (Wildman–Crippen MR) is 109 cm³/mol. The molecule has 1 aliphatic heterocycles. The van der Waals surface area contributed by atoms with E-state index in [9.17, 15) is 23.4 Å². The van der Waals surface area contributed by atoms with E-state index in [1.165, 1.54) is 25.3 Å². The Kier molecular flexibility index (Phi) is 8.57. The van der Waals surface area contributed by atoms with Gasteiger partial charge < -0.3 is 24.4 Å². The van der Waals surface area contributed by atoms with E-state index in [-0.39, 0.29) is 111 Å². The van der Waals surface area contributed by atoms with Crippen molar-refractivity contribution >= 4 is 67.3 Å². The van der Waals surface area contributed by atoms with Gasteiger partial charge >= 0.3 is 51.4 Å². The Balaban J connectivity index is 0.00000320. The SMILES string of the molecule is COc1ccc(C2CC(=O)c3c(O)cc(OCCCS(=O)(=O)O)cc3O2)cc1O.[KH].